The number of hydrogen-bond donors (Lipinski definition) is 0. The van der Waals surface area contributed by atoms with Gasteiger partial charge in [0, 0.05) is 12.7 Å². The van der Waals surface area contributed by atoms with E-state index >= 15 is 0 Å². The number of aliphatic imine (C=N–C) groups is 1. The van der Waals surface area contributed by atoms with E-state index in [1.807, 2.05) is 72.6 Å². The molecular weight excluding hydrogens is 298 g/mol. The molecule has 4 heteroatoms. The SMILES string of the molecule is CN1C/C(=C/c2ccccc2)N2C(=O)C[C@@H](c3ccccc3)N=C12. The van der Waals surface area contributed by atoms with Crippen LogP contribution in [-0.2, 0) is 4.79 Å². The molecule has 0 spiro atoms. The van der Waals surface area contributed by atoms with Crippen LogP contribution in [0.15, 0.2) is 71.4 Å². The normalized spacial score (nSPS) is 21.9. The third kappa shape index (κ3) is 2.60. The predicted molar refractivity (Wildman–Crippen MR) is 95.1 cm³/mol. The van der Waals surface area contributed by atoms with Gasteiger partial charge in [-0.1, -0.05) is 60.7 Å². The molecule has 1 fully saturated rings. The zero-order chi connectivity index (χ0) is 16.5. The second-order valence-electron chi connectivity index (χ2n) is 6.19. The van der Waals surface area contributed by atoms with E-state index in [4.69, 9.17) is 4.99 Å². The van der Waals surface area contributed by atoms with Gasteiger partial charge in [-0.2, -0.15) is 0 Å². The van der Waals surface area contributed by atoms with Crippen LogP contribution in [-0.4, -0.2) is 35.3 Å². The number of carbonyl (C=O) groups is 1. The molecule has 4 rings (SSSR count). The van der Waals surface area contributed by atoms with Crippen LogP contribution in [0.5, 0.6) is 0 Å². The lowest BCUT2D eigenvalue weighted by Crippen LogP contribution is -2.40. The molecule has 0 saturated carbocycles. The number of hydrogen-bond acceptors (Lipinski definition) is 3. The van der Waals surface area contributed by atoms with Gasteiger partial charge in [0.25, 0.3) is 0 Å². The molecule has 1 atom stereocenters. The fourth-order valence-corrected chi connectivity index (χ4v) is 3.27. The van der Waals surface area contributed by atoms with Crippen molar-refractivity contribution in [2.45, 2.75) is 12.5 Å². The van der Waals surface area contributed by atoms with Crippen LogP contribution in [0.3, 0.4) is 0 Å². The van der Waals surface area contributed by atoms with Crippen LogP contribution in [0.25, 0.3) is 6.08 Å². The van der Waals surface area contributed by atoms with Gasteiger partial charge in [-0.3, -0.25) is 9.69 Å². The molecule has 0 aromatic heterocycles. The molecule has 0 N–H and O–H groups in total. The largest absolute Gasteiger partial charge is 0.339 e. The summed E-state index contributed by atoms with van der Waals surface area (Å²) in [6.45, 7) is 0.695. The Morgan fingerprint density at radius 1 is 1.04 bits per heavy atom. The molecule has 0 radical (unpaired) electrons. The maximum Gasteiger partial charge on any atom is 0.236 e. The van der Waals surface area contributed by atoms with Crippen molar-refractivity contribution < 1.29 is 4.79 Å². The number of likely N-dealkylation sites (N-methyl/N-ethyl adjacent to an activating group) is 1. The molecular formula is C20H19N3O. The highest BCUT2D eigenvalue weighted by molar-refractivity contribution is 6.04. The number of fused-ring (bicyclic) bond motifs is 1. The summed E-state index contributed by atoms with van der Waals surface area (Å²) in [6, 6.07) is 20.0. The van der Waals surface area contributed by atoms with Crippen molar-refractivity contribution in [1.29, 1.82) is 0 Å². The third-order valence-corrected chi connectivity index (χ3v) is 4.43. The summed E-state index contributed by atoms with van der Waals surface area (Å²) in [5, 5.41) is 0. The Bertz CT molecular complexity index is 811. The molecule has 1 amide bonds. The molecule has 2 aromatic rings. The Morgan fingerprint density at radius 2 is 1.71 bits per heavy atom. The Labute approximate surface area is 141 Å². The molecule has 2 aromatic carbocycles. The second-order valence-corrected chi connectivity index (χ2v) is 6.19. The zero-order valence-electron chi connectivity index (χ0n) is 13.6. The topological polar surface area (TPSA) is 35.9 Å². The van der Waals surface area contributed by atoms with Crippen molar-refractivity contribution in [3.8, 4) is 0 Å². The number of rotatable bonds is 2. The molecule has 0 unspecified atom stereocenters. The van der Waals surface area contributed by atoms with Crippen LogP contribution >= 0.6 is 0 Å². The lowest BCUT2D eigenvalue weighted by atomic mass is 10.0. The molecule has 2 aliphatic rings. The van der Waals surface area contributed by atoms with E-state index < -0.39 is 0 Å². The van der Waals surface area contributed by atoms with Crippen LogP contribution in [0.1, 0.15) is 23.6 Å². The van der Waals surface area contributed by atoms with Crippen molar-refractivity contribution in [2.75, 3.05) is 13.6 Å². The Kier molecular flexibility index (Phi) is 3.65. The van der Waals surface area contributed by atoms with Crippen LogP contribution in [0.2, 0.25) is 0 Å². The predicted octanol–water partition coefficient (Wildman–Crippen LogP) is 3.30. The summed E-state index contributed by atoms with van der Waals surface area (Å²) in [6.07, 6.45) is 2.48. The second kappa shape index (κ2) is 5.96. The van der Waals surface area contributed by atoms with Crippen molar-refractivity contribution in [1.82, 2.24) is 9.80 Å². The van der Waals surface area contributed by atoms with Crippen LogP contribution < -0.4 is 0 Å². The fourth-order valence-electron chi connectivity index (χ4n) is 3.27. The lowest BCUT2D eigenvalue weighted by molar-refractivity contribution is -0.126. The number of guanidine groups is 1. The van der Waals surface area contributed by atoms with Crippen LogP contribution in [0.4, 0.5) is 0 Å². The summed E-state index contributed by atoms with van der Waals surface area (Å²) in [7, 11) is 1.98. The minimum Gasteiger partial charge on any atom is -0.339 e. The first-order valence-electron chi connectivity index (χ1n) is 8.15. The molecule has 2 aliphatic heterocycles. The highest BCUT2D eigenvalue weighted by Crippen LogP contribution is 2.32. The van der Waals surface area contributed by atoms with Gasteiger partial charge in [-0.15, -0.1) is 0 Å². The molecule has 0 aliphatic carbocycles. The maximum absolute atomic E-state index is 12.8. The number of benzene rings is 2. The molecule has 120 valence electrons. The van der Waals surface area contributed by atoms with Crippen molar-refractivity contribution in [3.05, 3.63) is 77.5 Å². The summed E-state index contributed by atoms with van der Waals surface area (Å²) < 4.78 is 0. The summed E-state index contributed by atoms with van der Waals surface area (Å²) >= 11 is 0. The Morgan fingerprint density at radius 3 is 2.42 bits per heavy atom. The fraction of sp³-hybridized carbons (Fsp3) is 0.200. The molecule has 2 heterocycles. The van der Waals surface area contributed by atoms with Gasteiger partial charge < -0.3 is 4.90 Å². The number of carbonyl (C=O) groups excluding carboxylic acids is 1. The minimum absolute atomic E-state index is 0.0940. The van der Waals surface area contributed by atoms with Crippen molar-refractivity contribution in [3.63, 3.8) is 0 Å². The first-order valence-corrected chi connectivity index (χ1v) is 8.15. The van der Waals surface area contributed by atoms with Crippen LogP contribution in [0, 0.1) is 0 Å². The highest BCUT2D eigenvalue weighted by Gasteiger charge is 2.38. The Hall–Kier alpha value is -2.88. The summed E-state index contributed by atoms with van der Waals surface area (Å²) in [5.41, 5.74) is 3.17. The van der Waals surface area contributed by atoms with Crippen molar-refractivity contribution >= 4 is 17.9 Å². The molecule has 1 saturated heterocycles. The monoisotopic (exact) mass is 317 g/mol. The average molecular weight is 317 g/mol. The number of nitrogens with zero attached hydrogens (tertiary/aromatic N) is 3. The van der Waals surface area contributed by atoms with Gasteiger partial charge in [-0.05, 0) is 17.2 Å². The van der Waals surface area contributed by atoms with Gasteiger partial charge in [0.1, 0.15) is 0 Å². The maximum atomic E-state index is 12.8. The summed E-state index contributed by atoms with van der Waals surface area (Å²) in [5.74, 6) is 0.864. The first kappa shape index (κ1) is 14.7. The minimum atomic E-state index is -0.0940. The molecule has 0 bridgehead atoms. The van der Waals surface area contributed by atoms with E-state index in [1.165, 1.54) is 0 Å². The smallest absolute Gasteiger partial charge is 0.236 e. The van der Waals surface area contributed by atoms with Gasteiger partial charge >= 0.3 is 0 Å². The molecule has 4 nitrogen and oxygen atoms in total. The van der Waals surface area contributed by atoms with E-state index in [0.717, 1.165) is 22.8 Å². The standard InChI is InChI=1S/C20H19N3O/c1-22-14-17(12-15-8-4-2-5-9-15)23-19(24)13-18(21-20(22)23)16-10-6-3-7-11-16/h2-12,18H,13-14H2,1H3/b17-12-/t18-/m0/s1. The Balaban J connectivity index is 1.70. The van der Waals surface area contributed by atoms with E-state index in [0.29, 0.717) is 13.0 Å². The molecule has 24 heavy (non-hydrogen) atoms. The van der Waals surface area contributed by atoms with E-state index in [2.05, 4.69) is 6.08 Å². The third-order valence-electron chi connectivity index (χ3n) is 4.43. The van der Waals surface area contributed by atoms with Crippen molar-refractivity contribution in [2.24, 2.45) is 4.99 Å². The van der Waals surface area contributed by atoms with Gasteiger partial charge in [-0.25, -0.2) is 4.99 Å². The van der Waals surface area contributed by atoms with Gasteiger partial charge in [0.15, 0.2) is 0 Å². The van der Waals surface area contributed by atoms with Gasteiger partial charge in [0.2, 0.25) is 11.9 Å². The average Bonchev–Trinajstić information content (AvgIpc) is 2.93. The van der Waals surface area contributed by atoms with E-state index in [-0.39, 0.29) is 11.9 Å². The first-order chi connectivity index (χ1) is 11.7. The van der Waals surface area contributed by atoms with Gasteiger partial charge in [0.05, 0.1) is 19.0 Å². The van der Waals surface area contributed by atoms with E-state index in [1.54, 1.807) is 4.90 Å². The quantitative estimate of drug-likeness (QED) is 0.852. The zero-order valence-corrected chi connectivity index (χ0v) is 13.6. The number of amides is 1. The summed E-state index contributed by atoms with van der Waals surface area (Å²) in [4.78, 5) is 21.4. The van der Waals surface area contributed by atoms with E-state index in [9.17, 15) is 4.79 Å². The highest BCUT2D eigenvalue weighted by atomic mass is 16.2. The lowest BCUT2D eigenvalue weighted by Gasteiger charge is -2.27.